The molecule has 1 aromatic heterocycles. The van der Waals surface area contributed by atoms with Crippen LogP contribution in [-0.2, 0) is 6.42 Å². The molecule has 0 aliphatic rings. The number of hydrogen-bond donors (Lipinski definition) is 1. The summed E-state index contributed by atoms with van der Waals surface area (Å²) in [4.78, 5) is 17.0. The van der Waals surface area contributed by atoms with Gasteiger partial charge in [-0.05, 0) is 23.1 Å². The van der Waals surface area contributed by atoms with Gasteiger partial charge in [-0.1, -0.05) is 97.5 Å². The van der Waals surface area contributed by atoms with Crippen LogP contribution in [0.4, 0.5) is 0 Å². The van der Waals surface area contributed by atoms with Crippen LogP contribution in [0.5, 0.6) is 0 Å². The Hall–Kier alpha value is -3.18. The molecular formula is C24H21N3OS. The van der Waals surface area contributed by atoms with E-state index in [2.05, 4.69) is 46.4 Å². The Morgan fingerprint density at radius 3 is 2.21 bits per heavy atom. The summed E-state index contributed by atoms with van der Waals surface area (Å²) >= 11 is 1.34. The number of hydrogen-bond acceptors (Lipinski definition) is 4. The number of nitrogens with one attached hydrogen (secondary N) is 1. The smallest absolute Gasteiger partial charge is 0.209 e. The molecule has 0 bridgehead atoms. The Morgan fingerprint density at radius 2 is 1.52 bits per heavy atom. The van der Waals surface area contributed by atoms with Gasteiger partial charge in [-0.25, -0.2) is 4.98 Å². The van der Waals surface area contributed by atoms with E-state index < -0.39 is 0 Å². The SMILES string of the molecule is CCc1ccc(-c2nc(SCC(=O)c3ccc(-c4ccccc4)cc3)n[nH]2)cc1. The van der Waals surface area contributed by atoms with Gasteiger partial charge >= 0.3 is 0 Å². The van der Waals surface area contributed by atoms with Gasteiger partial charge in [-0.2, -0.15) is 0 Å². The highest BCUT2D eigenvalue weighted by molar-refractivity contribution is 7.99. The summed E-state index contributed by atoms with van der Waals surface area (Å²) in [6.45, 7) is 2.13. The van der Waals surface area contributed by atoms with Crippen LogP contribution in [0.15, 0.2) is 84.0 Å². The molecule has 0 amide bonds. The van der Waals surface area contributed by atoms with E-state index in [1.165, 1.54) is 17.3 Å². The van der Waals surface area contributed by atoms with Crippen LogP contribution in [0, 0.1) is 0 Å². The fourth-order valence-electron chi connectivity index (χ4n) is 3.03. The van der Waals surface area contributed by atoms with Gasteiger partial charge in [0.1, 0.15) is 0 Å². The Morgan fingerprint density at radius 1 is 0.862 bits per heavy atom. The number of H-pyrrole nitrogens is 1. The molecule has 0 spiro atoms. The molecule has 0 saturated heterocycles. The standard InChI is InChI=1S/C24H21N3OS/c1-2-17-8-10-21(11-9-17)23-25-24(27-26-23)29-16-22(28)20-14-12-19(13-15-20)18-6-4-3-5-7-18/h3-15H,2,16H2,1H3,(H,25,26,27). The molecule has 0 unspecified atom stereocenters. The van der Waals surface area contributed by atoms with Crippen molar-refractivity contribution in [1.29, 1.82) is 0 Å². The molecular weight excluding hydrogens is 378 g/mol. The summed E-state index contributed by atoms with van der Waals surface area (Å²) in [6, 6.07) is 26.1. The predicted octanol–water partition coefficient (Wildman–Crippen LogP) is 5.68. The summed E-state index contributed by atoms with van der Waals surface area (Å²) < 4.78 is 0. The van der Waals surface area contributed by atoms with Crippen molar-refractivity contribution in [3.63, 3.8) is 0 Å². The molecule has 4 aromatic rings. The molecule has 0 radical (unpaired) electrons. The van der Waals surface area contributed by atoms with E-state index in [4.69, 9.17) is 0 Å². The largest absolute Gasteiger partial charge is 0.293 e. The van der Waals surface area contributed by atoms with Crippen LogP contribution in [0.25, 0.3) is 22.5 Å². The Labute approximate surface area is 174 Å². The van der Waals surface area contributed by atoms with Crippen LogP contribution in [-0.4, -0.2) is 26.7 Å². The minimum atomic E-state index is 0.0632. The topological polar surface area (TPSA) is 58.6 Å². The lowest BCUT2D eigenvalue weighted by atomic mass is 10.0. The van der Waals surface area contributed by atoms with Crippen molar-refractivity contribution >= 4 is 17.5 Å². The van der Waals surface area contributed by atoms with Gasteiger partial charge in [0.25, 0.3) is 0 Å². The Bertz CT molecular complexity index is 1090. The second kappa shape index (κ2) is 8.88. The third-order valence-electron chi connectivity index (χ3n) is 4.75. The monoisotopic (exact) mass is 399 g/mol. The van der Waals surface area contributed by atoms with E-state index in [9.17, 15) is 4.79 Å². The lowest BCUT2D eigenvalue weighted by Gasteiger charge is -2.03. The van der Waals surface area contributed by atoms with Crippen LogP contribution in [0.3, 0.4) is 0 Å². The number of Topliss-reactive ketones (excluding diaryl/α,β-unsaturated/α-hetero) is 1. The van der Waals surface area contributed by atoms with Crippen LogP contribution in [0.1, 0.15) is 22.8 Å². The molecule has 0 fully saturated rings. The summed E-state index contributed by atoms with van der Waals surface area (Å²) in [5.74, 6) is 1.08. The molecule has 0 atom stereocenters. The summed E-state index contributed by atoms with van der Waals surface area (Å²) in [5.41, 5.74) is 5.21. The summed E-state index contributed by atoms with van der Waals surface area (Å²) in [7, 11) is 0. The van der Waals surface area contributed by atoms with E-state index in [-0.39, 0.29) is 5.78 Å². The van der Waals surface area contributed by atoms with Gasteiger partial charge in [0, 0.05) is 11.1 Å². The number of aromatic amines is 1. The first kappa shape index (κ1) is 19.2. The molecule has 1 heterocycles. The first-order chi connectivity index (χ1) is 14.2. The maximum Gasteiger partial charge on any atom is 0.209 e. The van der Waals surface area contributed by atoms with Crippen molar-refractivity contribution in [2.45, 2.75) is 18.5 Å². The number of nitrogens with zero attached hydrogens (tertiary/aromatic N) is 2. The highest BCUT2D eigenvalue weighted by atomic mass is 32.2. The van der Waals surface area contributed by atoms with E-state index >= 15 is 0 Å². The van der Waals surface area contributed by atoms with Gasteiger partial charge in [0.15, 0.2) is 11.6 Å². The maximum absolute atomic E-state index is 12.5. The van der Waals surface area contributed by atoms with Crippen molar-refractivity contribution in [1.82, 2.24) is 15.2 Å². The molecule has 0 aliphatic heterocycles. The fraction of sp³-hybridized carbons (Fsp3) is 0.125. The third-order valence-corrected chi connectivity index (χ3v) is 5.59. The van der Waals surface area contributed by atoms with E-state index in [1.54, 1.807) is 0 Å². The van der Waals surface area contributed by atoms with Gasteiger partial charge < -0.3 is 0 Å². The number of carbonyl (C=O) groups excluding carboxylic acids is 1. The second-order valence-electron chi connectivity index (χ2n) is 6.67. The zero-order chi connectivity index (χ0) is 20.1. The molecule has 1 N–H and O–H groups in total. The van der Waals surface area contributed by atoms with E-state index in [1.807, 2.05) is 54.6 Å². The summed E-state index contributed by atoms with van der Waals surface area (Å²) in [5, 5.41) is 7.76. The number of carbonyl (C=O) groups is 1. The van der Waals surface area contributed by atoms with Gasteiger partial charge in [0.05, 0.1) is 5.75 Å². The van der Waals surface area contributed by atoms with Crippen molar-refractivity contribution in [2.24, 2.45) is 0 Å². The zero-order valence-corrected chi connectivity index (χ0v) is 16.9. The molecule has 0 saturated carbocycles. The van der Waals surface area contributed by atoms with Crippen molar-refractivity contribution < 1.29 is 4.79 Å². The third kappa shape index (κ3) is 4.63. The second-order valence-corrected chi connectivity index (χ2v) is 7.61. The maximum atomic E-state index is 12.5. The van der Waals surface area contributed by atoms with Crippen molar-refractivity contribution in [3.8, 4) is 22.5 Å². The van der Waals surface area contributed by atoms with E-state index in [0.29, 0.717) is 16.5 Å². The minimum absolute atomic E-state index is 0.0632. The first-order valence-electron chi connectivity index (χ1n) is 9.56. The van der Waals surface area contributed by atoms with Gasteiger partial charge in [0.2, 0.25) is 5.16 Å². The number of thioether (sulfide) groups is 1. The predicted molar refractivity (Wildman–Crippen MR) is 118 cm³/mol. The molecule has 5 heteroatoms. The van der Waals surface area contributed by atoms with Gasteiger partial charge in [-0.15, -0.1) is 5.10 Å². The zero-order valence-electron chi connectivity index (χ0n) is 16.1. The Kier molecular flexibility index (Phi) is 5.86. The lowest BCUT2D eigenvalue weighted by molar-refractivity contribution is 0.102. The Balaban J connectivity index is 1.38. The van der Waals surface area contributed by atoms with Crippen molar-refractivity contribution in [2.75, 3.05) is 5.75 Å². The number of aryl methyl sites for hydroxylation is 1. The quantitative estimate of drug-likeness (QED) is 0.321. The average Bonchev–Trinajstić information content (AvgIpc) is 3.27. The van der Waals surface area contributed by atoms with Crippen molar-refractivity contribution in [3.05, 3.63) is 90.0 Å². The average molecular weight is 400 g/mol. The first-order valence-corrected chi connectivity index (χ1v) is 10.5. The number of rotatable bonds is 7. The molecule has 4 nitrogen and oxygen atoms in total. The van der Waals surface area contributed by atoms with Gasteiger partial charge in [-0.3, -0.25) is 9.89 Å². The van der Waals surface area contributed by atoms with E-state index in [0.717, 1.165) is 28.9 Å². The highest BCUT2D eigenvalue weighted by Crippen LogP contribution is 2.22. The molecule has 144 valence electrons. The number of aromatic nitrogens is 3. The molecule has 4 rings (SSSR count). The fourth-order valence-corrected chi connectivity index (χ4v) is 3.72. The molecule has 3 aromatic carbocycles. The lowest BCUT2D eigenvalue weighted by Crippen LogP contribution is -2.02. The highest BCUT2D eigenvalue weighted by Gasteiger charge is 2.11. The molecule has 0 aliphatic carbocycles. The minimum Gasteiger partial charge on any atom is -0.293 e. The normalized spacial score (nSPS) is 10.8. The van der Waals surface area contributed by atoms with Crippen LogP contribution >= 0.6 is 11.8 Å². The van der Waals surface area contributed by atoms with Crippen LogP contribution in [0.2, 0.25) is 0 Å². The summed E-state index contributed by atoms with van der Waals surface area (Å²) in [6.07, 6.45) is 1.01. The van der Waals surface area contributed by atoms with Crippen LogP contribution < -0.4 is 0 Å². The number of ketones is 1. The molecule has 29 heavy (non-hydrogen) atoms. The number of benzene rings is 3.